The van der Waals surface area contributed by atoms with E-state index in [1.54, 1.807) is 11.8 Å². The van der Waals surface area contributed by atoms with Gasteiger partial charge in [0.05, 0.1) is 4.92 Å². The van der Waals surface area contributed by atoms with Crippen molar-refractivity contribution >= 4 is 29.2 Å². The van der Waals surface area contributed by atoms with Gasteiger partial charge in [-0.2, -0.15) is 16.9 Å². The molecular weight excluding hydrogens is 292 g/mol. The van der Waals surface area contributed by atoms with Gasteiger partial charge >= 0.3 is 0 Å². The molecule has 1 amide bonds. The number of non-ortho nitro benzene ring substituents is 1. The lowest BCUT2D eigenvalue weighted by Crippen LogP contribution is -2.14. The number of nitro groups is 1. The molecule has 0 radical (unpaired) electrons. The molecule has 0 unspecified atom stereocenters. The number of aromatic amines is 1. The van der Waals surface area contributed by atoms with Crippen LogP contribution in [0.5, 0.6) is 0 Å². The molecule has 0 saturated heterocycles. The molecule has 8 heteroatoms. The Balaban J connectivity index is 1.77. The molecule has 0 bridgehead atoms. The molecule has 2 N–H and O–H groups in total. The molecule has 1 aromatic heterocycles. The number of hydrogen-bond donors (Lipinski definition) is 2. The average Bonchev–Trinajstić information content (AvgIpc) is 2.91. The van der Waals surface area contributed by atoms with Crippen molar-refractivity contribution in [3.8, 4) is 0 Å². The molecule has 21 heavy (non-hydrogen) atoms. The Morgan fingerprint density at radius 1 is 1.38 bits per heavy atom. The standard InChI is InChI=1S/C13H12N4O3S/c18-13(8-1-3-9(4-2-8)17(19)20)14-12-10-7-21-6-5-11(10)15-16-12/h1-4H,5-7H2,(H2,14,15,16,18). The van der Waals surface area contributed by atoms with E-state index >= 15 is 0 Å². The van der Waals surface area contributed by atoms with Crippen LogP contribution in [0.25, 0.3) is 0 Å². The minimum atomic E-state index is -0.497. The molecule has 1 aliphatic heterocycles. The minimum absolute atomic E-state index is 0.0416. The largest absolute Gasteiger partial charge is 0.305 e. The number of thioether (sulfide) groups is 1. The second-order valence-electron chi connectivity index (χ2n) is 4.59. The molecule has 2 heterocycles. The number of benzene rings is 1. The van der Waals surface area contributed by atoms with Crippen LogP contribution in [0.2, 0.25) is 0 Å². The number of aromatic nitrogens is 2. The summed E-state index contributed by atoms with van der Waals surface area (Å²) in [6.45, 7) is 0. The molecule has 0 spiro atoms. The Hall–Kier alpha value is -2.35. The van der Waals surface area contributed by atoms with Gasteiger partial charge in [-0.25, -0.2) is 0 Å². The molecule has 1 aromatic carbocycles. The first-order valence-electron chi connectivity index (χ1n) is 6.35. The number of rotatable bonds is 3. The van der Waals surface area contributed by atoms with Crippen molar-refractivity contribution in [3.63, 3.8) is 0 Å². The number of anilines is 1. The normalized spacial score (nSPS) is 13.5. The van der Waals surface area contributed by atoms with Crippen molar-refractivity contribution in [2.45, 2.75) is 12.2 Å². The molecule has 3 rings (SSSR count). The quantitative estimate of drug-likeness (QED) is 0.669. The summed E-state index contributed by atoms with van der Waals surface area (Å²) < 4.78 is 0. The molecule has 0 atom stereocenters. The Bertz CT molecular complexity index is 696. The zero-order valence-electron chi connectivity index (χ0n) is 11.0. The SMILES string of the molecule is O=C(Nc1n[nH]c2c1CSCC2)c1ccc([N+](=O)[O-])cc1. The highest BCUT2D eigenvalue weighted by Gasteiger charge is 2.19. The van der Waals surface area contributed by atoms with Crippen molar-refractivity contribution in [1.82, 2.24) is 10.2 Å². The number of carbonyl (C=O) groups excluding carboxylic acids is 1. The van der Waals surface area contributed by atoms with E-state index in [4.69, 9.17) is 0 Å². The molecule has 1 aliphatic rings. The van der Waals surface area contributed by atoms with Crippen LogP contribution >= 0.6 is 11.8 Å². The van der Waals surface area contributed by atoms with Gasteiger partial charge in [0.15, 0.2) is 5.82 Å². The number of nitro benzene ring substituents is 1. The molecular formula is C13H12N4O3S. The molecule has 0 fully saturated rings. The predicted molar refractivity (Wildman–Crippen MR) is 79.5 cm³/mol. The number of H-pyrrole nitrogens is 1. The van der Waals surface area contributed by atoms with Gasteiger partial charge in [0.25, 0.3) is 11.6 Å². The Morgan fingerprint density at radius 2 is 2.14 bits per heavy atom. The second kappa shape index (κ2) is 5.57. The number of nitrogens with one attached hydrogen (secondary N) is 2. The fourth-order valence-electron chi connectivity index (χ4n) is 2.13. The predicted octanol–water partition coefficient (Wildman–Crippen LogP) is 2.36. The maximum Gasteiger partial charge on any atom is 0.269 e. The van der Waals surface area contributed by atoms with Gasteiger partial charge in [-0.05, 0) is 24.3 Å². The van der Waals surface area contributed by atoms with Crippen molar-refractivity contribution in [2.75, 3.05) is 11.1 Å². The number of amides is 1. The lowest BCUT2D eigenvalue weighted by molar-refractivity contribution is -0.384. The van der Waals surface area contributed by atoms with Gasteiger partial charge in [0.2, 0.25) is 0 Å². The number of fused-ring (bicyclic) bond motifs is 1. The number of hydrogen-bond acceptors (Lipinski definition) is 5. The van der Waals surface area contributed by atoms with Gasteiger partial charge in [-0.3, -0.25) is 20.0 Å². The summed E-state index contributed by atoms with van der Waals surface area (Å²) in [5.41, 5.74) is 2.41. The van der Waals surface area contributed by atoms with Crippen LogP contribution in [0.1, 0.15) is 21.6 Å². The third-order valence-corrected chi connectivity index (χ3v) is 4.25. The van der Waals surface area contributed by atoms with E-state index in [1.165, 1.54) is 24.3 Å². The lowest BCUT2D eigenvalue weighted by Gasteiger charge is -2.11. The average molecular weight is 304 g/mol. The van der Waals surface area contributed by atoms with E-state index in [1.807, 2.05) is 0 Å². The molecule has 0 saturated carbocycles. The van der Waals surface area contributed by atoms with Gasteiger partial charge in [0, 0.05) is 34.7 Å². The lowest BCUT2D eigenvalue weighted by atomic mass is 10.2. The van der Waals surface area contributed by atoms with Crippen molar-refractivity contribution in [2.24, 2.45) is 0 Å². The van der Waals surface area contributed by atoms with E-state index in [9.17, 15) is 14.9 Å². The van der Waals surface area contributed by atoms with Crippen LogP contribution in [-0.2, 0) is 12.2 Å². The van der Waals surface area contributed by atoms with Gasteiger partial charge < -0.3 is 5.32 Å². The van der Waals surface area contributed by atoms with Gasteiger partial charge in [0.1, 0.15) is 0 Å². The number of carbonyl (C=O) groups is 1. The fourth-order valence-corrected chi connectivity index (χ4v) is 3.14. The topological polar surface area (TPSA) is 101 Å². The summed E-state index contributed by atoms with van der Waals surface area (Å²) in [6.07, 6.45) is 0.917. The van der Waals surface area contributed by atoms with Crippen LogP contribution < -0.4 is 5.32 Å². The number of aryl methyl sites for hydroxylation is 1. The third-order valence-electron chi connectivity index (χ3n) is 3.27. The highest BCUT2D eigenvalue weighted by Crippen LogP contribution is 2.28. The van der Waals surface area contributed by atoms with E-state index in [2.05, 4.69) is 15.5 Å². The Labute approximate surface area is 124 Å². The number of nitrogens with zero attached hydrogens (tertiary/aromatic N) is 2. The van der Waals surface area contributed by atoms with Gasteiger partial charge in [-0.1, -0.05) is 0 Å². The molecule has 7 nitrogen and oxygen atoms in total. The molecule has 2 aromatic rings. The van der Waals surface area contributed by atoms with Gasteiger partial charge in [-0.15, -0.1) is 0 Å². The van der Waals surface area contributed by atoms with E-state index in [0.29, 0.717) is 11.4 Å². The Morgan fingerprint density at radius 3 is 2.86 bits per heavy atom. The maximum absolute atomic E-state index is 12.1. The van der Waals surface area contributed by atoms with Crippen molar-refractivity contribution in [1.29, 1.82) is 0 Å². The smallest absolute Gasteiger partial charge is 0.269 e. The monoisotopic (exact) mass is 304 g/mol. The van der Waals surface area contributed by atoms with E-state index < -0.39 is 4.92 Å². The summed E-state index contributed by atoms with van der Waals surface area (Å²) in [5, 5.41) is 20.4. The minimum Gasteiger partial charge on any atom is -0.305 e. The second-order valence-corrected chi connectivity index (χ2v) is 5.70. The van der Waals surface area contributed by atoms with Crippen LogP contribution in [0.15, 0.2) is 24.3 Å². The third kappa shape index (κ3) is 2.75. The summed E-state index contributed by atoms with van der Waals surface area (Å²) >= 11 is 1.80. The first-order valence-corrected chi connectivity index (χ1v) is 7.50. The molecule has 0 aliphatic carbocycles. The highest BCUT2D eigenvalue weighted by atomic mass is 32.2. The maximum atomic E-state index is 12.1. The Kier molecular flexibility index (Phi) is 3.61. The summed E-state index contributed by atoms with van der Waals surface area (Å²) in [7, 11) is 0. The van der Waals surface area contributed by atoms with Crippen LogP contribution in [0.4, 0.5) is 11.5 Å². The van der Waals surface area contributed by atoms with Crippen LogP contribution in [0.3, 0.4) is 0 Å². The van der Waals surface area contributed by atoms with E-state index in [0.717, 1.165) is 29.2 Å². The summed E-state index contributed by atoms with van der Waals surface area (Å²) in [5.74, 6) is 2.09. The van der Waals surface area contributed by atoms with E-state index in [-0.39, 0.29) is 11.6 Å². The summed E-state index contributed by atoms with van der Waals surface area (Å²) in [4.78, 5) is 22.2. The zero-order valence-corrected chi connectivity index (χ0v) is 11.8. The van der Waals surface area contributed by atoms with Crippen molar-refractivity contribution < 1.29 is 9.72 Å². The van der Waals surface area contributed by atoms with Crippen LogP contribution in [-0.4, -0.2) is 26.8 Å². The highest BCUT2D eigenvalue weighted by molar-refractivity contribution is 7.98. The first-order chi connectivity index (χ1) is 10.1. The first kappa shape index (κ1) is 13.6. The summed E-state index contributed by atoms with van der Waals surface area (Å²) in [6, 6.07) is 5.48. The zero-order chi connectivity index (χ0) is 14.8. The molecule has 108 valence electrons. The van der Waals surface area contributed by atoms with Crippen molar-refractivity contribution in [3.05, 3.63) is 51.2 Å². The fraction of sp³-hybridized carbons (Fsp3) is 0.231. The van der Waals surface area contributed by atoms with Crippen LogP contribution in [0, 0.1) is 10.1 Å².